The first-order chi connectivity index (χ1) is 68.6. The minimum atomic E-state index is 0.125. The summed E-state index contributed by atoms with van der Waals surface area (Å²) >= 11 is 0. The van der Waals surface area contributed by atoms with Gasteiger partial charge in [0.05, 0.1) is 0 Å². The lowest BCUT2D eigenvalue weighted by Gasteiger charge is -2.35. The van der Waals surface area contributed by atoms with Crippen LogP contribution in [0.4, 0.5) is 0 Å². The highest BCUT2D eigenvalue weighted by atomic mass is 16.2. The lowest BCUT2D eigenvalue weighted by molar-refractivity contribution is -0.139. The maximum Gasteiger partial charge on any atom is 0.253 e. The fourth-order valence-electron chi connectivity index (χ4n) is 22.4. The molecule has 4 saturated carbocycles. The Morgan fingerprint density at radius 3 is 0.819 bits per heavy atom. The second-order valence-corrected chi connectivity index (χ2v) is 51.9. The van der Waals surface area contributed by atoms with Gasteiger partial charge in [-0.25, -0.2) is 0 Å². The first-order valence-corrected chi connectivity index (χ1v) is 61.3. The molecule has 17 rings (SSSR count). The van der Waals surface area contributed by atoms with Crippen LogP contribution in [0.1, 0.15) is 433 Å². The Hall–Kier alpha value is -4.69. The second kappa shape index (κ2) is 71.2. The van der Waals surface area contributed by atoms with Gasteiger partial charge in [-0.15, -0.1) is 0 Å². The van der Waals surface area contributed by atoms with Crippen LogP contribution in [0.2, 0.25) is 0 Å². The molecule has 7 amide bonds. The summed E-state index contributed by atoms with van der Waals surface area (Å²) in [7, 11) is 2.20. The van der Waals surface area contributed by atoms with E-state index in [1.165, 1.54) is 271 Å². The average molecular weight is 2020 g/mol. The molecule has 1 aromatic rings. The van der Waals surface area contributed by atoms with Crippen molar-refractivity contribution in [1.29, 1.82) is 0 Å². The first kappa shape index (κ1) is 128. The van der Waals surface area contributed by atoms with Crippen molar-refractivity contribution in [2.75, 3.05) is 184 Å². The van der Waals surface area contributed by atoms with E-state index in [1.54, 1.807) is 0 Å². The molecule has 16 fully saturated rings. The van der Waals surface area contributed by atoms with E-state index in [9.17, 15) is 33.6 Å². The summed E-state index contributed by atoms with van der Waals surface area (Å²) in [5, 5.41) is 0. The quantitative estimate of drug-likeness (QED) is 0.174. The Labute approximate surface area is 888 Å². The number of piperidine rings is 12. The zero-order valence-corrected chi connectivity index (χ0v) is 98.7. The zero-order valence-electron chi connectivity index (χ0n) is 98.7. The Morgan fingerprint density at radius 2 is 0.549 bits per heavy atom. The van der Waals surface area contributed by atoms with Crippen LogP contribution in [-0.2, 0) is 28.8 Å². The van der Waals surface area contributed by atoms with Gasteiger partial charge in [0.2, 0.25) is 35.4 Å². The molecule has 0 bridgehead atoms. The maximum atomic E-state index is 12.2. The van der Waals surface area contributed by atoms with Crippen molar-refractivity contribution < 1.29 is 33.6 Å². The molecule has 12 heterocycles. The fraction of sp³-hybridized carbons (Fsp3) is 0.896. The average Bonchev–Trinajstić information content (AvgIpc) is 1.73. The number of hydrogen-bond donors (Lipinski definition) is 0. The van der Waals surface area contributed by atoms with Gasteiger partial charge >= 0.3 is 0 Å². The van der Waals surface area contributed by atoms with Crippen LogP contribution in [0.15, 0.2) is 30.3 Å². The van der Waals surface area contributed by atoms with Crippen LogP contribution in [0.3, 0.4) is 0 Å². The molecular weight excluding hydrogens is 1780 g/mol. The van der Waals surface area contributed by atoms with Gasteiger partial charge in [0.25, 0.3) is 5.91 Å². The minimum absolute atomic E-state index is 0.125. The lowest BCUT2D eigenvalue weighted by Crippen LogP contribution is -2.43. The van der Waals surface area contributed by atoms with E-state index in [-0.39, 0.29) is 11.3 Å². The van der Waals surface area contributed by atoms with E-state index >= 15 is 0 Å². The first-order valence-electron chi connectivity index (χ1n) is 61.3. The maximum absolute atomic E-state index is 12.2. The third-order valence-corrected chi connectivity index (χ3v) is 34.8. The smallest absolute Gasteiger partial charge is 0.253 e. The predicted molar refractivity (Wildman–Crippen MR) is 609 cm³/mol. The van der Waals surface area contributed by atoms with Gasteiger partial charge < -0.3 is 58.8 Å². The van der Waals surface area contributed by atoms with Crippen LogP contribution >= 0.6 is 0 Å². The molecule has 4 aliphatic carbocycles. The number of likely N-dealkylation sites (tertiary alicyclic amines) is 12. The molecule has 0 N–H and O–H groups in total. The van der Waals surface area contributed by atoms with Crippen molar-refractivity contribution in [3.05, 3.63) is 35.9 Å². The van der Waals surface area contributed by atoms with E-state index in [0.717, 1.165) is 244 Å². The highest BCUT2D eigenvalue weighted by Gasteiger charge is 2.37. The molecule has 0 radical (unpaired) electrons. The summed E-state index contributed by atoms with van der Waals surface area (Å²) in [6.07, 6.45) is 50.2. The van der Waals surface area contributed by atoms with Gasteiger partial charge in [-0.2, -0.15) is 0 Å². The highest BCUT2D eigenvalue weighted by molar-refractivity contribution is 5.94. The largest absolute Gasteiger partial charge is 0.343 e. The molecule has 16 aliphatic rings. The van der Waals surface area contributed by atoms with E-state index in [0.29, 0.717) is 77.9 Å². The van der Waals surface area contributed by atoms with Gasteiger partial charge in [-0.05, 0) is 412 Å². The van der Waals surface area contributed by atoms with Crippen molar-refractivity contribution in [2.45, 2.75) is 429 Å². The number of hydrogen-bond acceptors (Lipinski definition) is 12. The monoisotopic (exact) mass is 2010 g/mol. The van der Waals surface area contributed by atoms with Crippen molar-refractivity contribution >= 4 is 41.4 Å². The molecule has 0 aromatic heterocycles. The Morgan fingerprint density at radius 1 is 0.285 bits per heavy atom. The lowest BCUT2D eigenvalue weighted by atomic mass is 9.83. The molecule has 144 heavy (non-hydrogen) atoms. The molecule has 19 nitrogen and oxygen atoms in total. The third kappa shape index (κ3) is 54.0. The van der Waals surface area contributed by atoms with Crippen molar-refractivity contribution in [2.24, 2.45) is 112 Å². The summed E-state index contributed by atoms with van der Waals surface area (Å²) in [6, 6.07) is 10.3. The van der Waals surface area contributed by atoms with Crippen molar-refractivity contribution in [3.63, 3.8) is 0 Å². The second-order valence-electron chi connectivity index (χ2n) is 51.9. The molecule has 0 unspecified atom stereocenters. The van der Waals surface area contributed by atoms with E-state index in [2.05, 4.69) is 210 Å². The summed E-state index contributed by atoms with van der Waals surface area (Å²) in [5.74, 6) is 16.1. The van der Waals surface area contributed by atoms with Crippen LogP contribution in [0.5, 0.6) is 0 Å². The number of nitrogens with zero attached hydrogens (tertiary/aromatic N) is 12. The van der Waals surface area contributed by atoms with E-state index in [4.69, 9.17) is 0 Å². The zero-order chi connectivity index (χ0) is 106. The molecular formula is C125H232N12O7. The van der Waals surface area contributed by atoms with Crippen molar-refractivity contribution in [1.82, 2.24) is 58.8 Å². The SMILES string of the molecule is CC(C)CC(=O)N1CCC(C)CC1.CC(C)CN1CCC(C)CC1.CC1CCN(C(=O)C2CC2)CC1.CC1CCN(C(=O)C2CCC2)CC1.CC1CCN(C(=O)C2CCCC2)CC1.CC1CCN(C(=O)C2CCCCC2)CC1.CC1CCN(C(=O)CC(C)(C)C)CC1.CC1CCN(C(=O)c2ccccc2)CC1.CC1CCN(C(C)C)CC1.CC1CCN(C)CC1.CCCN1CCC(C)CC1.CCN1CCC(C)CC1. The van der Waals surface area contributed by atoms with Gasteiger partial charge in [-0.3, -0.25) is 33.6 Å². The van der Waals surface area contributed by atoms with Gasteiger partial charge in [0.15, 0.2) is 0 Å². The number of carbonyl (C=O) groups is 7. The summed E-state index contributed by atoms with van der Waals surface area (Å²) in [4.78, 5) is 110. The molecule has 12 aliphatic heterocycles. The third-order valence-electron chi connectivity index (χ3n) is 34.8. The number of rotatable bonds is 14. The minimum Gasteiger partial charge on any atom is -0.343 e. The van der Waals surface area contributed by atoms with Gasteiger partial charge in [0, 0.05) is 146 Å². The molecule has 1 aromatic carbocycles. The number of carbonyl (C=O) groups excluding carboxylic acids is 7. The number of benzene rings is 1. The predicted octanol–water partition coefficient (Wildman–Crippen LogP) is 26.2. The Kier molecular flexibility index (Phi) is 63.3. The fourth-order valence-corrected chi connectivity index (χ4v) is 22.4. The summed E-state index contributed by atoms with van der Waals surface area (Å²) < 4.78 is 0. The summed E-state index contributed by atoms with van der Waals surface area (Å²) in [5.41, 5.74) is 0.937. The molecule has 0 spiro atoms. The van der Waals surface area contributed by atoms with E-state index in [1.807, 2.05) is 45.0 Å². The van der Waals surface area contributed by atoms with Crippen LogP contribution < -0.4 is 0 Å². The molecule has 834 valence electrons. The Balaban J connectivity index is 0.000000241. The topological polar surface area (TPSA) is 158 Å². The van der Waals surface area contributed by atoms with E-state index < -0.39 is 0 Å². The van der Waals surface area contributed by atoms with Crippen LogP contribution in [0.25, 0.3) is 0 Å². The van der Waals surface area contributed by atoms with Crippen LogP contribution in [0, 0.1) is 112 Å². The standard InChI is InChI=1S/C13H23NO.C13H17NO.C12H21NO.C12H23NO.C11H19NO.C11H21NO.C10H17NO.C10H21N.2C9H19N.C8H17N.C7H15N/c2*1-11-7-9-14(10-8-11)13(15)12-5-3-2-4-6-12;1-10-6-8-13(9-7-10)12(14)11-4-2-3-5-11;1-10-5-7-13(8-6-10)11(14)9-12(2,3)4;1-9-5-7-12(8-6-9)11(13)10-3-2-4-10;1-9(2)8-11(13)12-6-4-10(3)5-7-12;1-8-4-6-11(7-5-8)10(12)9-2-3-9;1-9(2)8-11-6-4-10(3)5-7-11;1-8(2)10-6-4-9(3)5-7-10;1-3-6-10-7-4-9(2)5-8-10;1-3-9-6-4-8(2)5-7-9;1-7-3-5-8(2)6-4-7/h11-12H,2-10H2,1H3;2-6,11H,7-10H2,1H3;10-11H,2-9H2,1H3;10H,5-9H2,1-4H3;9-10H,2-8H2,1H3;9-10H,4-8H2,1-3H3;8-9H,2-7H2,1H3;9-10H,4-8H2,1-3H3;8-9H,4-7H2,1-3H3;9H,3-8H2,1-2H3;8H,3-7H2,1-2H3;7H,3-6H2,1-2H3. The van der Waals surface area contributed by atoms with Crippen molar-refractivity contribution in [3.8, 4) is 0 Å². The number of amides is 7. The molecule has 19 heteroatoms. The van der Waals surface area contributed by atoms with Crippen LogP contribution in [-0.4, -0.2) is 290 Å². The van der Waals surface area contributed by atoms with Gasteiger partial charge in [0.1, 0.15) is 0 Å². The molecule has 0 atom stereocenters. The Bertz CT molecular complexity index is 3470. The van der Waals surface area contributed by atoms with Gasteiger partial charge in [-0.1, -0.05) is 202 Å². The normalized spacial score (nSPS) is 23.2. The highest BCUT2D eigenvalue weighted by Crippen LogP contribution is 2.36. The summed E-state index contributed by atoms with van der Waals surface area (Å²) in [6.45, 7) is 82.9. The molecule has 12 saturated heterocycles.